The highest BCUT2D eigenvalue weighted by Crippen LogP contribution is 2.23. The molecule has 21 heavy (non-hydrogen) atoms. The van der Waals surface area contributed by atoms with Gasteiger partial charge >= 0.3 is 0 Å². The molecule has 3 aromatic rings. The third kappa shape index (κ3) is 3.19. The number of hydrogen-bond acceptors (Lipinski definition) is 2. The second kappa shape index (κ2) is 5.92. The van der Waals surface area contributed by atoms with E-state index in [0.29, 0.717) is 5.92 Å². The van der Waals surface area contributed by atoms with Crippen molar-refractivity contribution in [2.75, 3.05) is 0 Å². The van der Waals surface area contributed by atoms with E-state index in [1.807, 2.05) is 16.9 Å². The molecule has 106 valence electrons. The van der Waals surface area contributed by atoms with Crippen molar-refractivity contribution in [2.45, 2.75) is 20.4 Å². The summed E-state index contributed by atoms with van der Waals surface area (Å²) in [5, 5.41) is 8.43. The maximum atomic E-state index is 4.25. The zero-order valence-electron chi connectivity index (χ0n) is 12.4. The molecule has 2 aromatic carbocycles. The van der Waals surface area contributed by atoms with Crippen LogP contribution in [0.1, 0.15) is 13.8 Å². The number of benzene rings is 2. The first-order valence-corrected chi connectivity index (χ1v) is 7.28. The summed E-state index contributed by atoms with van der Waals surface area (Å²) in [6.07, 6.45) is 2.01. The van der Waals surface area contributed by atoms with Crippen molar-refractivity contribution in [3.05, 3.63) is 60.8 Å². The highest BCUT2D eigenvalue weighted by molar-refractivity contribution is 5.68. The summed E-state index contributed by atoms with van der Waals surface area (Å²) in [4.78, 5) is 0. The smallest absolute Gasteiger partial charge is 0.113 e. The molecule has 1 aromatic heterocycles. The van der Waals surface area contributed by atoms with Crippen LogP contribution in [0.2, 0.25) is 0 Å². The summed E-state index contributed by atoms with van der Waals surface area (Å²) < 4.78 is 1.91. The third-order valence-electron chi connectivity index (χ3n) is 3.38. The second-order valence-electron chi connectivity index (χ2n) is 5.66. The molecule has 0 amide bonds. The van der Waals surface area contributed by atoms with Gasteiger partial charge in [-0.25, -0.2) is 0 Å². The lowest BCUT2D eigenvalue weighted by atomic mass is 10.0. The lowest BCUT2D eigenvalue weighted by Gasteiger charge is -2.03. The zero-order chi connectivity index (χ0) is 14.7. The Balaban J connectivity index is 1.82. The van der Waals surface area contributed by atoms with Crippen molar-refractivity contribution in [1.82, 2.24) is 15.0 Å². The molecule has 0 fully saturated rings. The van der Waals surface area contributed by atoms with Crippen LogP contribution in [0.4, 0.5) is 0 Å². The maximum Gasteiger partial charge on any atom is 0.113 e. The first-order chi connectivity index (χ1) is 10.2. The van der Waals surface area contributed by atoms with Crippen LogP contribution in [0.15, 0.2) is 60.8 Å². The van der Waals surface area contributed by atoms with Gasteiger partial charge in [0.05, 0.1) is 6.20 Å². The van der Waals surface area contributed by atoms with Crippen LogP contribution in [-0.4, -0.2) is 15.0 Å². The van der Waals surface area contributed by atoms with Gasteiger partial charge in [-0.05, 0) is 17.0 Å². The van der Waals surface area contributed by atoms with Crippen LogP contribution in [0.5, 0.6) is 0 Å². The maximum absolute atomic E-state index is 4.25. The highest BCUT2D eigenvalue weighted by Gasteiger charge is 2.05. The molecule has 0 saturated heterocycles. The molecule has 0 atom stereocenters. The van der Waals surface area contributed by atoms with E-state index < -0.39 is 0 Å². The van der Waals surface area contributed by atoms with Gasteiger partial charge < -0.3 is 0 Å². The van der Waals surface area contributed by atoms with Gasteiger partial charge in [0.15, 0.2) is 0 Å². The molecular formula is C18H19N3. The summed E-state index contributed by atoms with van der Waals surface area (Å²) >= 11 is 0. The zero-order valence-corrected chi connectivity index (χ0v) is 12.4. The standard InChI is InChI=1S/C18H19N3/c1-14(2)12-21-13-18(19-20-21)17-10-8-16(9-11-17)15-6-4-3-5-7-15/h3-11,13-14H,12H2,1-2H3. The quantitative estimate of drug-likeness (QED) is 0.713. The van der Waals surface area contributed by atoms with Gasteiger partial charge in [0.2, 0.25) is 0 Å². The van der Waals surface area contributed by atoms with Crippen molar-refractivity contribution in [3.63, 3.8) is 0 Å². The second-order valence-corrected chi connectivity index (χ2v) is 5.66. The predicted octanol–water partition coefficient (Wildman–Crippen LogP) is 4.27. The van der Waals surface area contributed by atoms with Crippen LogP contribution in [-0.2, 0) is 6.54 Å². The first kappa shape index (κ1) is 13.6. The topological polar surface area (TPSA) is 30.7 Å². The van der Waals surface area contributed by atoms with Gasteiger partial charge in [-0.2, -0.15) is 0 Å². The Hall–Kier alpha value is -2.42. The third-order valence-corrected chi connectivity index (χ3v) is 3.38. The fourth-order valence-electron chi connectivity index (χ4n) is 2.36. The van der Waals surface area contributed by atoms with E-state index in [1.165, 1.54) is 11.1 Å². The number of rotatable bonds is 4. The predicted molar refractivity (Wildman–Crippen MR) is 85.7 cm³/mol. The van der Waals surface area contributed by atoms with E-state index in [9.17, 15) is 0 Å². The number of aromatic nitrogens is 3. The Bertz CT molecular complexity index is 697. The molecule has 0 aliphatic carbocycles. The Morgan fingerprint density at radius 1 is 0.857 bits per heavy atom. The molecule has 1 heterocycles. The number of nitrogens with zero attached hydrogens (tertiary/aromatic N) is 3. The van der Waals surface area contributed by atoms with Gasteiger partial charge in [0, 0.05) is 12.1 Å². The lowest BCUT2D eigenvalue weighted by molar-refractivity contribution is 0.472. The lowest BCUT2D eigenvalue weighted by Crippen LogP contribution is -2.04. The van der Waals surface area contributed by atoms with E-state index in [1.54, 1.807) is 0 Å². The summed E-state index contributed by atoms with van der Waals surface area (Å²) in [6.45, 7) is 5.25. The van der Waals surface area contributed by atoms with Crippen LogP contribution in [0.3, 0.4) is 0 Å². The van der Waals surface area contributed by atoms with Crippen molar-refractivity contribution >= 4 is 0 Å². The van der Waals surface area contributed by atoms with Crippen LogP contribution in [0.25, 0.3) is 22.4 Å². The first-order valence-electron chi connectivity index (χ1n) is 7.28. The summed E-state index contributed by atoms with van der Waals surface area (Å²) in [6, 6.07) is 18.9. The van der Waals surface area contributed by atoms with E-state index in [-0.39, 0.29) is 0 Å². The normalized spacial score (nSPS) is 11.0. The highest BCUT2D eigenvalue weighted by atomic mass is 15.4. The minimum atomic E-state index is 0.569. The van der Waals surface area contributed by atoms with E-state index in [2.05, 4.69) is 72.7 Å². The Morgan fingerprint density at radius 3 is 2.14 bits per heavy atom. The molecule has 0 radical (unpaired) electrons. The summed E-state index contributed by atoms with van der Waals surface area (Å²) in [7, 11) is 0. The number of hydrogen-bond donors (Lipinski definition) is 0. The van der Waals surface area contributed by atoms with Crippen molar-refractivity contribution < 1.29 is 0 Å². The fourth-order valence-corrected chi connectivity index (χ4v) is 2.36. The Morgan fingerprint density at radius 2 is 1.48 bits per heavy atom. The van der Waals surface area contributed by atoms with Gasteiger partial charge in [0.1, 0.15) is 5.69 Å². The van der Waals surface area contributed by atoms with Gasteiger partial charge in [0.25, 0.3) is 0 Å². The molecule has 0 bridgehead atoms. The van der Waals surface area contributed by atoms with Crippen LogP contribution >= 0.6 is 0 Å². The van der Waals surface area contributed by atoms with Gasteiger partial charge in [-0.15, -0.1) is 5.10 Å². The molecular weight excluding hydrogens is 258 g/mol. The van der Waals surface area contributed by atoms with Crippen molar-refractivity contribution in [1.29, 1.82) is 0 Å². The van der Waals surface area contributed by atoms with Crippen LogP contribution in [0, 0.1) is 5.92 Å². The Labute approximate surface area is 125 Å². The average Bonchev–Trinajstić information content (AvgIpc) is 2.96. The monoisotopic (exact) mass is 277 g/mol. The molecule has 3 heteroatoms. The molecule has 0 aliphatic rings. The molecule has 0 saturated carbocycles. The van der Waals surface area contributed by atoms with Gasteiger partial charge in [-0.1, -0.05) is 73.7 Å². The minimum absolute atomic E-state index is 0.569. The van der Waals surface area contributed by atoms with E-state index >= 15 is 0 Å². The van der Waals surface area contributed by atoms with Crippen molar-refractivity contribution in [2.24, 2.45) is 5.92 Å². The molecule has 3 nitrogen and oxygen atoms in total. The summed E-state index contributed by atoms with van der Waals surface area (Å²) in [5.74, 6) is 0.569. The van der Waals surface area contributed by atoms with Crippen LogP contribution < -0.4 is 0 Å². The molecule has 0 unspecified atom stereocenters. The molecule has 0 spiro atoms. The van der Waals surface area contributed by atoms with Gasteiger partial charge in [-0.3, -0.25) is 4.68 Å². The fraction of sp³-hybridized carbons (Fsp3) is 0.222. The van der Waals surface area contributed by atoms with E-state index in [0.717, 1.165) is 17.8 Å². The molecule has 0 N–H and O–H groups in total. The minimum Gasteiger partial charge on any atom is -0.252 e. The Kier molecular flexibility index (Phi) is 3.82. The summed E-state index contributed by atoms with van der Waals surface area (Å²) in [5.41, 5.74) is 4.47. The van der Waals surface area contributed by atoms with Crippen molar-refractivity contribution in [3.8, 4) is 22.4 Å². The molecule has 3 rings (SSSR count). The average molecular weight is 277 g/mol. The SMILES string of the molecule is CC(C)Cn1cc(-c2ccc(-c3ccccc3)cc2)nn1. The molecule has 0 aliphatic heterocycles. The van der Waals surface area contributed by atoms with E-state index in [4.69, 9.17) is 0 Å². The largest absolute Gasteiger partial charge is 0.252 e.